The SMILES string of the molecule is CN(C)C(=O)c1ccc(CNC(=O)c2cnn(-c3ccccc3)c2N)cc1. The van der Waals surface area contributed by atoms with Crippen molar-refractivity contribution in [3.8, 4) is 5.69 Å². The number of amides is 2. The maximum Gasteiger partial charge on any atom is 0.256 e. The molecule has 0 aliphatic heterocycles. The number of anilines is 1. The molecule has 7 heteroatoms. The molecular formula is C20H21N5O2. The van der Waals surface area contributed by atoms with Crippen LogP contribution in [0.15, 0.2) is 60.8 Å². The second kappa shape index (κ2) is 7.74. The van der Waals surface area contributed by atoms with Crippen LogP contribution in [0.5, 0.6) is 0 Å². The van der Waals surface area contributed by atoms with Gasteiger partial charge in [0.15, 0.2) is 0 Å². The zero-order chi connectivity index (χ0) is 19.4. The molecule has 1 heterocycles. The predicted molar refractivity (Wildman–Crippen MR) is 104 cm³/mol. The van der Waals surface area contributed by atoms with E-state index in [0.717, 1.165) is 11.3 Å². The van der Waals surface area contributed by atoms with Crippen molar-refractivity contribution in [2.75, 3.05) is 19.8 Å². The Bertz CT molecular complexity index is 946. The number of hydrogen-bond donors (Lipinski definition) is 2. The third-order valence-electron chi connectivity index (χ3n) is 4.11. The average Bonchev–Trinajstić information content (AvgIpc) is 3.08. The molecule has 1 aromatic heterocycles. The molecule has 3 rings (SSSR count). The first kappa shape index (κ1) is 18.2. The van der Waals surface area contributed by atoms with Gasteiger partial charge in [0.25, 0.3) is 11.8 Å². The molecule has 0 bridgehead atoms. The number of nitrogens with one attached hydrogen (secondary N) is 1. The highest BCUT2D eigenvalue weighted by molar-refractivity contribution is 5.98. The fourth-order valence-electron chi connectivity index (χ4n) is 2.61. The number of benzene rings is 2. The molecule has 3 aromatic rings. The van der Waals surface area contributed by atoms with Crippen LogP contribution in [-0.2, 0) is 6.54 Å². The quantitative estimate of drug-likeness (QED) is 0.726. The van der Waals surface area contributed by atoms with Gasteiger partial charge in [0, 0.05) is 26.2 Å². The molecule has 0 atom stereocenters. The summed E-state index contributed by atoms with van der Waals surface area (Å²) in [7, 11) is 3.41. The summed E-state index contributed by atoms with van der Waals surface area (Å²) in [6.45, 7) is 0.325. The number of nitrogen functional groups attached to an aromatic ring is 1. The first-order valence-corrected chi connectivity index (χ1v) is 8.45. The van der Waals surface area contributed by atoms with Gasteiger partial charge in [0.2, 0.25) is 0 Å². The lowest BCUT2D eigenvalue weighted by molar-refractivity contribution is 0.0827. The fraction of sp³-hybridized carbons (Fsp3) is 0.150. The molecular weight excluding hydrogens is 342 g/mol. The van der Waals surface area contributed by atoms with E-state index in [1.807, 2.05) is 42.5 Å². The Morgan fingerprint density at radius 1 is 1.07 bits per heavy atom. The van der Waals surface area contributed by atoms with E-state index in [-0.39, 0.29) is 17.6 Å². The van der Waals surface area contributed by atoms with E-state index in [2.05, 4.69) is 10.4 Å². The lowest BCUT2D eigenvalue weighted by Crippen LogP contribution is -2.24. The minimum absolute atomic E-state index is 0.0633. The molecule has 0 aliphatic carbocycles. The second-order valence-electron chi connectivity index (χ2n) is 6.27. The van der Waals surface area contributed by atoms with Gasteiger partial charge in [-0.05, 0) is 29.8 Å². The fourth-order valence-corrected chi connectivity index (χ4v) is 2.61. The van der Waals surface area contributed by atoms with Gasteiger partial charge in [-0.3, -0.25) is 9.59 Å². The molecule has 2 aromatic carbocycles. The molecule has 138 valence electrons. The highest BCUT2D eigenvalue weighted by atomic mass is 16.2. The zero-order valence-corrected chi connectivity index (χ0v) is 15.2. The summed E-state index contributed by atoms with van der Waals surface area (Å²) in [4.78, 5) is 25.9. The topological polar surface area (TPSA) is 93.2 Å². The van der Waals surface area contributed by atoms with Crippen molar-refractivity contribution in [1.29, 1.82) is 0 Å². The normalized spacial score (nSPS) is 10.4. The molecule has 7 nitrogen and oxygen atoms in total. The lowest BCUT2D eigenvalue weighted by Gasteiger charge is -2.11. The number of rotatable bonds is 5. The molecule has 2 amide bonds. The standard InChI is InChI=1S/C20H21N5O2/c1-24(2)20(27)15-10-8-14(9-11-15)12-22-19(26)17-13-23-25(18(17)21)16-6-4-3-5-7-16/h3-11,13H,12,21H2,1-2H3,(H,22,26). The monoisotopic (exact) mass is 363 g/mol. The van der Waals surface area contributed by atoms with Crippen molar-refractivity contribution >= 4 is 17.6 Å². The number of para-hydroxylation sites is 1. The Balaban J connectivity index is 1.66. The largest absolute Gasteiger partial charge is 0.383 e. The summed E-state index contributed by atoms with van der Waals surface area (Å²) in [5.74, 6) is -0.0829. The Morgan fingerprint density at radius 3 is 2.37 bits per heavy atom. The summed E-state index contributed by atoms with van der Waals surface area (Å²) < 4.78 is 1.52. The molecule has 0 fully saturated rings. The maximum atomic E-state index is 12.4. The van der Waals surface area contributed by atoms with Gasteiger partial charge in [-0.15, -0.1) is 0 Å². The van der Waals surface area contributed by atoms with Crippen LogP contribution in [0.3, 0.4) is 0 Å². The van der Waals surface area contributed by atoms with Gasteiger partial charge in [-0.25, -0.2) is 4.68 Å². The van der Waals surface area contributed by atoms with Crippen molar-refractivity contribution in [2.24, 2.45) is 0 Å². The first-order chi connectivity index (χ1) is 13.0. The van der Waals surface area contributed by atoms with Crippen LogP contribution >= 0.6 is 0 Å². The number of hydrogen-bond acceptors (Lipinski definition) is 4. The van der Waals surface area contributed by atoms with Gasteiger partial charge >= 0.3 is 0 Å². The van der Waals surface area contributed by atoms with Crippen molar-refractivity contribution in [2.45, 2.75) is 6.54 Å². The summed E-state index contributed by atoms with van der Waals surface area (Å²) >= 11 is 0. The van der Waals surface area contributed by atoms with E-state index in [4.69, 9.17) is 5.73 Å². The molecule has 0 saturated heterocycles. The van der Waals surface area contributed by atoms with Crippen LogP contribution < -0.4 is 11.1 Å². The zero-order valence-electron chi connectivity index (χ0n) is 15.2. The molecule has 0 radical (unpaired) electrons. The minimum atomic E-state index is -0.303. The lowest BCUT2D eigenvalue weighted by atomic mass is 10.1. The Hall–Kier alpha value is -3.61. The van der Waals surface area contributed by atoms with Crippen LogP contribution in [0.2, 0.25) is 0 Å². The summed E-state index contributed by atoms with van der Waals surface area (Å²) in [6.07, 6.45) is 1.45. The van der Waals surface area contributed by atoms with E-state index in [1.54, 1.807) is 26.2 Å². The number of aromatic nitrogens is 2. The predicted octanol–water partition coefficient (Wildman–Crippen LogP) is 2.09. The van der Waals surface area contributed by atoms with Crippen LogP contribution in [0.4, 0.5) is 5.82 Å². The molecule has 0 spiro atoms. The van der Waals surface area contributed by atoms with Crippen LogP contribution in [0, 0.1) is 0 Å². The number of carbonyl (C=O) groups excluding carboxylic acids is 2. The van der Waals surface area contributed by atoms with Crippen LogP contribution in [0.25, 0.3) is 5.69 Å². The van der Waals surface area contributed by atoms with Crippen molar-refractivity contribution in [3.05, 3.63) is 77.5 Å². The highest BCUT2D eigenvalue weighted by Gasteiger charge is 2.16. The van der Waals surface area contributed by atoms with E-state index in [9.17, 15) is 9.59 Å². The van der Waals surface area contributed by atoms with Gasteiger partial charge in [-0.1, -0.05) is 30.3 Å². The molecule has 0 unspecified atom stereocenters. The molecule has 27 heavy (non-hydrogen) atoms. The second-order valence-corrected chi connectivity index (χ2v) is 6.27. The molecule has 0 saturated carbocycles. The molecule has 0 aliphatic rings. The van der Waals surface area contributed by atoms with Crippen molar-refractivity contribution in [1.82, 2.24) is 20.0 Å². The van der Waals surface area contributed by atoms with Gasteiger partial charge in [0.05, 0.1) is 11.9 Å². The van der Waals surface area contributed by atoms with Crippen LogP contribution in [-0.4, -0.2) is 40.6 Å². The third kappa shape index (κ3) is 3.98. The summed E-state index contributed by atoms with van der Waals surface area (Å²) in [5, 5.41) is 7.02. The number of nitrogens with zero attached hydrogens (tertiary/aromatic N) is 3. The maximum absolute atomic E-state index is 12.4. The Labute approximate surface area is 157 Å². The highest BCUT2D eigenvalue weighted by Crippen LogP contribution is 2.17. The Morgan fingerprint density at radius 2 is 1.74 bits per heavy atom. The van der Waals surface area contributed by atoms with E-state index >= 15 is 0 Å². The molecule has 3 N–H and O–H groups in total. The third-order valence-corrected chi connectivity index (χ3v) is 4.11. The smallest absolute Gasteiger partial charge is 0.256 e. The van der Waals surface area contributed by atoms with Gasteiger partial charge in [0.1, 0.15) is 11.4 Å². The average molecular weight is 363 g/mol. The number of nitrogens with two attached hydrogens (primary N) is 1. The van der Waals surface area contributed by atoms with E-state index in [1.165, 1.54) is 15.8 Å². The summed E-state index contributed by atoms with van der Waals surface area (Å²) in [5.41, 5.74) is 8.67. The van der Waals surface area contributed by atoms with Crippen molar-refractivity contribution in [3.63, 3.8) is 0 Å². The van der Waals surface area contributed by atoms with E-state index in [0.29, 0.717) is 17.7 Å². The minimum Gasteiger partial charge on any atom is -0.383 e. The number of carbonyl (C=O) groups is 2. The first-order valence-electron chi connectivity index (χ1n) is 8.45. The summed E-state index contributed by atoms with van der Waals surface area (Å²) in [6, 6.07) is 16.5. The van der Waals surface area contributed by atoms with Crippen LogP contribution in [0.1, 0.15) is 26.3 Å². The van der Waals surface area contributed by atoms with Crippen molar-refractivity contribution < 1.29 is 9.59 Å². The van der Waals surface area contributed by atoms with Gasteiger partial charge in [-0.2, -0.15) is 5.10 Å². The Kier molecular flexibility index (Phi) is 5.21. The van der Waals surface area contributed by atoms with Gasteiger partial charge < -0.3 is 16.0 Å². The van der Waals surface area contributed by atoms with E-state index < -0.39 is 0 Å².